The number of pyridine rings is 1. The number of ether oxygens (including phenoxy) is 2. The second-order valence-electron chi connectivity index (χ2n) is 4.15. The Morgan fingerprint density at radius 2 is 2.12 bits per heavy atom. The predicted molar refractivity (Wildman–Crippen MR) is 67.6 cm³/mol. The van der Waals surface area contributed by atoms with Crippen molar-refractivity contribution in [1.82, 2.24) is 4.98 Å². The van der Waals surface area contributed by atoms with Gasteiger partial charge in [-0.3, -0.25) is 0 Å². The molecule has 17 heavy (non-hydrogen) atoms. The minimum Gasteiger partial charge on any atom is -0.381 e. The average molecular weight is 276 g/mol. The second-order valence-corrected chi connectivity index (χ2v) is 4.90. The van der Waals surface area contributed by atoms with Crippen LogP contribution in [0.5, 0.6) is 0 Å². The Morgan fingerprint density at radius 3 is 2.76 bits per heavy atom. The van der Waals surface area contributed by atoms with E-state index in [0.29, 0.717) is 16.9 Å². The minimum atomic E-state index is 0.259. The van der Waals surface area contributed by atoms with Crippen LogP contribution in [0, 0.1) is 6.92 Å². The maximum absolute atomic E-state index is 6.05. The van der Waals surface area contributed by atoms with Gasteiger partial charge in [0.2, 0.25) is 0 Å². The monoisotopic (exact) mass is 275 g/mol. The molecular formula is C12H15Cl2NO2. The fourth-order valence-electron chi connectivity index (χ4n) is 1.84. The number of rotatable bonds is 3. The molecule has 5 heteroatoms. The Morgan fingerprint density at radius 1 is 1.41 bits per heavy atom. The first kappa shape index (κ1) is 13.1. The number of aryl methyl sites for hydroxylation is 1. The highest BCUT2D eigenvalue weighted by Gasteiger charge is 2.16. The van der Waals surface area contributed by atoms with Gasteiger partial charge in [0.15, 0.2) is 0 Å². The van der Waals surface area contributed by atoms with E-state index in [2.05, 4.69) is 4.98 Å². The lowest BCUT2D eigenvalue weighted by Crippen LogP contribution is -2.23. The van der Waals surface area contributed by atoms with Crippen LogP contribution in [0.1, 0.15) is 24.0 Å². The van der Waals surface area contributed by atoms with Crippen molar-refractivity contribution >= 4 is 23.2 Å². The maximum atomic E-state index is 6.05. The van der Waals surface area contributed by atoms with Crippen LogP contribution in [-0.2, 0) is 16.1 Å². The summed E-state index contributed by atoms with van der Waals surface area (Å²) in [5, 5.41) is 0.851. The Hall–Kier alpha value is -0.350. The lowest BCUT2D eigenvalue weighted by Gasteiger charge is -2.23. The first-order valence-electron chi connectivity index (χ1n) is 5.67. The third-order valence-corrected chi connectivity index (χ3v) is 3.40. The molecule has 0 bridgehead atoms. The van der Waals surface area contributed by atoms with Crippen LogP contribution in [0.15, 0.2) is 6.07 Å². The fourth-order valence-corrected chi connectivity index (χ4v) is 2.43. The molecule has 2 rings (SSSR count). The van der Waals surface area contributed by atoms with Gasteiger partial charge in [0.25, 0.3) is 0 Å². The zero-order chi connectivity index (χ0) is 12.3. The number of nitrogens with zero attached hydrogens (tertiary/aromatic N) is 1. The van der Waals surface area contributed by atoms with Crippen molar-refractivity contribution < 1.29 is 9.47 Å². The van der Waals surface area contributed by atoms with Gasteiger partial charge in [-0.05, 0) is 31.4 Å². The SMILES string of the molecule is Cc1cc(Cl)nc(Cl)c1COC1CCOCC1. The van der Waals surface area contributed by atoms with Gasteiger partial charge in [-0.1, -0.05) is 23.2 Å². The molecule has 1 saturated heterocycles. The van der Waals surface area contributed by atoms with Crippen molar-refractivity contribution in [3.63, 3.8) is 0 Å². The van der Waals surface area contributed by atoms with Gasteiger partial charge in [0.1, 0.15) is 10.3 Å². The van der Waals surface area contributed by atoms with Crippen molar-refractivity contribution in [2.75, 3.05) is 13.2 Å². The van der Waals surface area contributed by atoms with E-state index in [9.17, 15) is 0 Å². The molecule has 3 nitrogen and oxygen atoms in total. The van der Waals surface area contributed by atoms with Crippen LogP contribution in [0.3, 0.4) is 0 Å². The van der Waals surface area contributed by atoms with Crippen LogP contribution in [0.25, 0.3) is 0 Å². The average Bonchev–Trinajstić information content (AvgIpc) is 2.29. The Labute approximate surface area is 111 Å². The summed E-state index contributed by atoms with van der Waals surface area (Å²) in [5.41, 5.74) is 1.93. The predicted octanol–water partition coefficient (Wildman–Crippen LogP) is 3.39. The third-order valence-electron chi connectivity index (χ3n) is 2.90. The summed E-state index contributed by atoms with van der Waals surface area (Å²) in [6, 6.07) is 1.80. The molecule has 1 aromatic rings. The van der Waals surface area contributed by atoms with Crippen LogP contribution in [0.2, 0.25) is 10.3 Å². The zero-order valence-corrected chi connectivity index (χ0v) is 11.2. The van der Waals surface area contributed by atoms with E-state index in [1.165, 1.54) is 0 Å². The first-order chi connectivity index (χ1) is 8.16. The van der Waals surface area contributed by atoms with Crippen molar-refractivity contribution in [1.29, 1.82) is 0 Å². The highest BCUT2D eigenvalue weighted by molar-refractivity contribution is 6.33. The number of halogens is 2. The molecule has 1 aliphatic heterocycles. The topological polar surface area (TPSA) is 31.4 Å². The van der Waals surface area contributed by atoms with Gasteiger partial charge in [0.05, 0.1) is 12.7 Å². The largest absolute Gasteiger partial charge is 0.381 e. The Bertz CT molecular complexity index is 369. The van der Waals surface area contributed by atoms with E-state index in [1.54, 1.807) is 6.07 Å². The quantitative estimate of drug-likeness (QED) is 0.793. The summed E-state index contributed by atoms with van der Waals surface area (Å²) in [6.07, 6.45) is 2.14. The molecule has 94 valence electrons. The van der Waals surface area contributed by atoms with Gasteiger partial charge in [-0.15, -0.1) is 0 Å². The smallest absolute Gasteiger partial charge is 0.136 e. The first-order valence-corrected chi connectivity index (χ1v) is 6.43. The molecule has 0 spiro atoms. The van der Waals surface area contributed by atoms with Crippen LogP contribution in [0.4, 0.5) is 0 Å². The summed E-state index contributed by atoms with van der Waals surface area (Å²) < 4.78 is 11.1. The standard InChI is InChI=1S/C12H15Cl2NO2/c1-8-6-11(13)15-12(14)10(8)7-17-9-2-4-16-5-3-9/h6,9H,2-5,7H2,1H3. The molecular weight excluding hydrogens is 261 g/mol. The molecule has 0 saturated carbocycles. The third kappa shape index (κ3) is 3.55. The number of aromatic nitrogens is 1. The van der Waals surface area contributed by atoms with Gasteiger partial charge in [0, 0.05) is 18.8 Å². The van der Waals surface area contributed by atoms with Gasteiger partial charge in [-0.2, -0.15) is 0 Å². The molecule has 1 aliphatic rings. The van der Waals surface area contributed by atoms with Crippen molar-refractivity contribution in [2.45, 2.75) is 32.5 Å². The highest BCUT2D eigenvalue weighted by Crippen LogP contribution is 2.23. The summed E-state index contributed by atoms with van der Waals surface area (Å²) in [7, 11) is 0. The molecule has 0 radical (unpaired) electrons. The van der Waals surface area contributed by atoms with Crippen molar-refractivity contribution in [3.05, 3.63) is 27.5 Å². The van der Waals surface area contributed by atoms with Crippen molar-refractivity contribution in [2.24, 2.45) is 0 Å². The Balaban J connectivity index is 1.98. The van der Waals surface area contributed by atoms with E-state index in [-0.39, 0.29) is 6.10 Å². The van der Waals surface area contributed by atoms with Crippen LogP contribution >= 0.6 is 23.2 Å². The number of hydrogen-bond acceptors (Lipinski definition) is 3. The van der Waals surface area contributed by atoms with E-state index >= 15 is 0 Å². The molecule has 0 unspecified atom stereocenters. The lowest BCUT2D eigenvalue weighted by molar-refractivity contribution is -0.0392. The fraction of sp³-hybridized carbons (Fsp3) is 0.583. The summed E-state index contributed by atoms with van der Waals surface area (Å²) in [4.78, 5) is 4.02. The number of hydrogen-bond donors (Lipinski definition) is 0. The molecule has 0 amide bonds. The molecule has 0 aromatic carbocycles. The van der Waals surface area contributed by atoms with Crippen molar-refractivity contribution in [3.8, 4) is 0 Å². The van der Waals surface area contributed by atoms with E-state index in [4.69, 9.17) is 32.7 Å². The molecule has 0 atom stereocenters. The zero-order valence-electron chi connectivity index (χ0n) is 9.71. The normalized spacial score (nSPS) is 17.4. The molecule has 0 N–H and O–H groups in total. The molecule has 1 aromatic heterocycles. The highest BCUT2D eigenvalue weighted by atomic mass is 35.5. The molecule has 0 aliphatic carbocycles. The van der Waals surface area contributed by atoms with Crippen LogP contribution < -0.4 is 0 Å². The van der Waals surface area contributed by atoms with Gasteiger partial charge >= 0.3 is 0 Å². The second kappa shape index (κ2) is 6.01. The summed E-state index contributed by atoms with van der Waals surface area (Å²) >= 11 is 11.9. The minimum absolute atomic E-state index is 0.259. The maximum Gasteiger partial charge on any atom is 0.136 e. The Kier molecular flexibility index (Phi) is 4.62. The van der Waals surface area contributed by atoms with E-state index in [1.807, 2.05) is 6.92 Å². The van der Waals surface area contributed by atoms with Gasteiger partial charge < -0.3 is 9.47 Å². The molecule has 2 heterocycles. The van der Waals surface area contributed by atoms with Gasteiger partial charge in [-0.25, -0.2) is 4.98 Å². The lowest BCUT2D eigenvalue weighted by atomic mass is 10.1. The molecule has 1 fully saturated rings. The summed E-state index contributed by atoms with van der Waals surface area (Å²) in [5.74, 6) is 0. The van der Waals surface area contributed by atoms with Crippen LogP contribution in [-0.4, -0.2) is 24.3 Å². The van der Waals surface area contributed by atoms with E-state index in [0.717, 1.165) is 37.2 Å². The summed E-state index contributed by atoms with van der Waals surface area (Å²) in [6.45, 7) is 3.99. The van der Waals surface area contributed by atoms with E-state index < -0.39 is 0 Å².